The van der Waals surface area contributed by atoms with Crippen LogP contribution in [-0.2, 0) is 0 Å². The number of hydrogen-bond donors (Lipinski definition) is 1. The molecule has 2 rings (SSSR count). The first-order chi connectivity index (χ1) is 8.35. The molecule has 0 aromatic carbocycles. The van der Waals surface area contributed by atoms with Crippen LogP contribution in [-0.4, -0.2) is 35.7 Å². The Hall–Kier alpha value is -1.36. The molecular formula is C12H20N4O. The molecule has 1 heterocycles. The van der Waals surface area contributed by atoms with Gasteiger partial charge in [-0.25, -0.2) is 9.97 Å². The van der Waals surface area contributed by atoms with Crippen molar-refractivity contribution in [3.05, 3.63) is 12.4 Å². The Bertz CT molecular complexity index is 354. The van der Waals surface area contributed by atoms with E-state index in [1.165, 1.54) is 12.8 Å². The quantitative estimate of drug-likeness (QED) is 0.770. The number of nitrogens with two attached hydrogens (primary N) is 1. The first-order valence-electron chi connectivity index (χ1n) is 6.26. The molecule has 1 fully saturated rings. The molecule has 1 saturated carbocycles. The van der Waals surface area contributed by atoms with E-state index in [0.717, 1.165) is 18.8 Å². The Morgan fingerprint density at radius 2 is 2.29 bits per heavy atom. The van der Waals surface area contributed by atoms with Gasteiger partial charge in [-0.05, 0) is 19.3 Å². The SMILES string of the molecule is CCCOc1cc(N(CCN)C2CC2)ncn1. The zero-order chi connectivity index (χ0) is 12.1. The minimum absolute atomic E-state index is 0.604. The molecule has 0 bridgehead atoms. The molecule has 17 heavy (non-hydrogen) atoms. The number of nitrogens with zero attached hydrogens (tertiary/aromatic N) is 3. The van der Waals surface area contributed by atoms with Crippen LogP contribution >= 0.6 is 0 Å². The minimum Gasteiger partial charge on any atom is -0.478 e. The summed E-state index contributed by atoms with van der Waals surface area (Å²) >= 11 is 0. The number of rotatable bonds is 7. The van der Waals surface area contributed by atoms with Crippen LogP contribution in [0, 0.1) is 0 Å². The topological polar surface area (TPSA) is 64.3 Å². The molecule has 5 nitrogen and oxygen atoms in total. The Morgan fingerprint density at radius 3 is 2.94 bits per heavy atom. The van der Waals surface area contributed by atoms with Gasteiger partial charge in [-0.15, -0.1) is 0 Å². The van der Waals surface area contributed by atoms with Crippen molar-refractivity contribution in [3.63, 3.8) is 0 Å². The maximum absolute atomic E-state index is 5.63. The summed E-state index contributed by atoms with van der Waals surface area (Å²) in [4.78, 5) is 10.7. The summed E-state index contributed by atoms with van der Waals surface area (Å²) in [5, 5.41) is 0. The van der Waals surface area contributed by atoms with Crippen LogP contribution in [0.3, 0.4) is 0 Å². The van der Waals surface area contributed by atoms with E-state index in [2.05, 4.69) is 21.8 Å². The average Bonchev–Trinajstić information content (AvgIpc) is 3.18. The van der Waals surface area contributed by atoms with Crippen molar-refractivity contribution in [3.8, 4) is 5.88 Å². The smallest absolute Gasteiger partial charge is 0.218 e. The van der Waals surface area contributed by atoms with Gasteiger partial charge in [-0.2, -0.15) is 0 Å². The van der Waals surface area contributed by atoms with Crippen molar-refractivity contribution in [1.82, 2.24) is 9.97 Å². The van der Waals surface area contributed by atoms with Gasteiger partial charge in [0.1, 0.15) is 12.1 Å². The Balaban J connectivity index is 2.07. The number of anilines is 1. The van der Waals surface area contributed by atoms with Crippen LogP contribution in [0.1, 0.15) is 26.2 Å². The van der Waals surface area contributed by atoms with Gasteiger partial charge >= 0.3 is 0 Å². The molecule has 1 aliphatic rings. The standard InChI is InChI=1S/C12H20N4O/c1-2-7-17-12-8-11(14-9-15-12)16(6-5-13)10-3-4-10/h8-10H,2-7,13H2,1H3. The first kappa shape index (κ1) is 12.1. The zero-order valence-electron chi connectivity index (χ0n) is 10.3. The summed E-state index contributed by atoms with van der Waals surface area (Å²) in [6, 6.07) is 2.51. The third kappa shape index (κ3) is 3.30. The molecule has 0 atom stereocenters. The van der Waals surface area contributed by atoms with Crippen molar-refractivity contribution < 1.29 is 4.74 Å². The van der Waals surface area contributed by atoms with Crippen molar-refractivity contribution in [2.75, 3.05) is 24.6 Å². The Morgan fingerprint density at radius 1 is 1.47 bits per heavy atom. The molecule has 0 aliphatic heterocycles. The van der Waals surface area contributed by atoms with Crippen LogP contribution in [0.2, 0.25) is 0 Å². The zero-order valence-corrected chi connectivity index (χ0v) is 10.3. The second-order valence-corrected chi connectivity index (χ2v) is 4.28. The van der Waals surface area contributed by atoms with Crippen LogP contribution in [0.15, 0.2) is 12.4 Å². The summed E-state index contributed by atoms with van der Waals surface area (Å²) in [6.45, 7) is 4.25. The van der Waals surface area contributed by atoms with Crippen LogP contribution in [0.5, 0.6) is 5.88 Å². The van der Waals surface area contributed by atoms with Crippen molar-refractivity contribution in [1.29, 1.82) is 0 Å². The van der Waals surface area contributed by atoms with E-state index >= 15 is 0 Å². The predicted octanol–water partition coefficient (Wildman–Crippen LogP) is 1.19. The highest BCUT2D eigenvalue weighted by atomic mass is 16.5. The molecule has 0 unspecified atom stereocenters. The summed E-state index contributed by atoms with van der Waals surface area (Å²) in [6.07, 6.45) is 5.00. The summed E-state index contributed by atoms with van der Waals surface area (Å²) < 4.78 is 5.52. The second kappa shape index (κ2) is 5.82. The van der Waals surface area contributed by atoms with Crippen molar-refractivity contribution in [2.24, 2.45) is 5.73 Å². The second-order valence-electron chi connectivity index (χ2n) is 4.28. The number of ether oxygens (including phenoxy) is 1. The van der Waals surface area contributed by atoms with E-state index in [1.807, 2.05) is 6.07 Å². The Kier molecular flexibility index (Phi) is 4.14. The lowest BCUT2D eigenvalue weighted by atomic mass is 10.4. The van der Waals surface area contributed by atoms with Crippen LogP contribution in [0.25, 0.3) is 0 Å². The average molecular weight is 236 g/mol. The summed E-state index contributed by atoms with van der Waals surface area (Å²) in [5.74, 6) is 1.58. The molecule has 1 aromatic heterocycles. The maximum Gasteiger partial charge on any atom is 0.218 e. The first-order valence-corrected chi connectivity index (χ1v) is 6.26. The van der Waals surface area contributed by atoms with E-state index in [-0.39, 0.29) is 0 Å². The summed E-state index contributed by atoms with van der Waals surface area (Å²) in [7, 11) is 0. The van der Waals surface area contributed by atoms with Gasteiger partial charge in [0, 0.05) is 25.2 Å². The maximum atomic E-state index is 5.63. The fraction of sp³-hybridized carbons (Fsp3) is 0.667. The fourth-order valence-electron chi connectivity index (χ4n) is 1.78. The molecule has 1 aliphatic carbocycles. The molecule has 0 radical (unpaired) electrons. The lowest BCUT2D eigenvalue weighted by molar-refractivity contribution is 0.304. The van der Waals surface area contributed by atoms with E-state index in [9.17, 15) is 0 Å². The largest absolute Gasteiger partial charge is 0.478 e. The Labute approximate surface area is 102 Å². The highest BCUT2D eigenvalue weighted by Crippen LogP contribution is 2.30. The van der Waals surface area contributed by atoms with Gasteiger partial charge < -0.3 is 15.4 Å². The van der Waals surface area contributed by atoms with Gasteiger partial charge in [0.25, 0.3) is 0 Å². The van der Waals surface area contributed by atoms with Gasteiger partial charge in [0.15, 0.2) is 0 Å². The number of hydrogen-bond acceptors (Lipinski definition) is 5. The normalized spacial score (nSPS) is 14.7. The molecule has 0 spiro atoms. The lowest BCUT2D eigenvalue weighted by Crippen LogP contribution is -2.32. The van der Waals surface area contributed by atoms with Gasteiger partial charge in [-0.1, -0.05) is 6.92 Å². The minimum atomic E-state index is 0.604. The molecule has 94 valence electrons. The lowest BCUT2D eigenvalue weighted by Gasteiger charge is -2.22. The fourth-order valence-corrected chi connectivity index (χ4v) is 1.78. The molecule has 2 N–H and O–H groups in total. The van der Waals surface area contributed by atoms with E-state index < -0.39 is 0 Å². The van der Waals surface area contributed by atoms with Crippen molar-refractivity contribution >= 4 is 5.82 Å². The van der Waals surface area contributed by atoms with Gasteiger partial charge in [0.2, 0.25) is 5.88 Å². The molecule has 0 amide bonds. The van der Waals surface area contributed by atoms with Crippen molar-refractivity contribution in [2.45, 2.75) is 32.2 Å². The third-order valence-corrected chi connectivity index (χ3v) is 2.73. The highest BCUT2D eigenvalue weighted by molar-refractivity contribution is 5.43. The molecular weight excluding hydrogens is 216 g/mol. The van der Waals surface area contributed by atoms with Crippen LogP contribution < -0.4 is 15.4 Å². The van der Waals surface area contributed by atoms with E-state index in [1.54, 1.807) is 6.33 Å². The molecule has 1 aromatic rings. The highest BCUT2D eigenvalue weighted by Gasteiger charge is 2.29. The number of aromatic nitrogens is 2. The van der Waals surface area contributed by atoms with Gasteiger partial charge in [-0.3, -0.25) is 0 Å². The summed E-state index contributed by atoms with van der Waals surface area (Å²) in [5.41, 5.74) is 5.63. The van der Waals surface area contributed by atoms with Gasteiger partial charge in [0.05, 0.1) is 6.61 Å². The van der Waals surface area contributed by atoms with E-state index in [4.69, 9.17) is 10.5 Å². The molecule has 0 saturated heterocycles. The predicted molar refractivity (Wildman–Crippen MR) is 67.2 cm³/mol. The van der Waals surface area contributed by atoms with E-state index in [0.29, 0.717) is 25.1 Å². The molecule has 5 heteroatoms. The monoisotopic (exact) mass is 236 g/mol. The third-order valence-electron chi connectivity index (χ3n) is 2.73. The van der Waals surface area contributed by atoms with Crippen LogP contribution in [0.4, 0.5) is 5.82 Å².